The van der Waals surface area contributed by atoms with E-state index < -0.39 is 16.7 Å². The lowest BCUT2D eigenvalue weighted by Crippen LogP contribution is -2.31. The number of aryl methyl sites for hydroxylation is 2. The van der Waals surface area contributed by atoms with Crippen LogP contribution in [0.4, 0.5) is 11.4 Å². The summed E-state index contributed by atoms with van der Waals surface area (Å²) in [6.07, 6.45) is 1.36. The number of carbonyl (C=O) groups is 2. The standard InChI is InChI=1S/C25H22ClN3O5/c1-15-7-8-18(11-16(15)2)27-25(31)23(13-17-5-4-6-19(12-17)29(32)33)28-24(30)21-10-9-20(34-3)14-22(21)26/h4-14H,1-3H3,(H,27,31)(H,28,30). The summed E-state index contributed by atoms with van der Waals surface area (Å²) in [6, 6.07) is 15.7. The van der Waals surface area contributed by atoms with E-state index in [0.29, 0.717) is 17.0 Å². The first-order valence-electron chi connectivity index (χ1n) is 10.2. The van der Waals surface area contributed by atoms with Crippen molar-refractivity contribution in [1.82, 2.24) is 5.32 Å². The van der Waals surface area contributed by atoms with Crippen LogP contribution < -0.4 is 15.4 Å². The normalized spacial score (nSPS) is 11.0. The highest BCUT2D eigenvalue weighted by Crippen LogP contribution is 2.23. The lowest BCUT2D eigenvalue weighted by atomic mass is 10.1. The summed E-state index contributed by atoms with van der Waals surface area (Å²) in [4.78, 5) is 36.6. The van der Waals surface area contributed by atoms with Gasteiger partial charge in [-0.05, 0) is 66.9 Å². The summed E-state index contributed by atoms with van der Waals surface area (Å²) in [5.74, 6) is -0.756. The number of hydrogen-bond donors (Lipinski definition) is 2. The van der Waals surface area contributed by atoms with E-state index in [-0.39, 0.29) is 22.0 Å². The van der Waals surface area contributed by atoms with Gasteiger partial charge in [-0.15, -0.1) is 0 Å². The molecular weight excluding hydrogens is 458 g/mol. The number of methoxy groups -OCH3 is 1. The van der Waals surface area contributed by atoms with Gasteiger partial charge in [0.05, 0.1) is 22.6 Å². The Hall–Kier alpha value is -4.17. The number of nitro groups is 1. The Balaban J connectivity index is 1.96. The van der Waals surface area contributed by atoms with Crippen molar-refractivity contribution < 1.29 is 19.2 Å². The van der Waals surface area contributed by atoms with Crippen molar-refractivity contribution in [3.8, 4) is 5.75 Å². The van der Waals surface area contributed by atoms with Crippen LogP contribution in [0.1, 0.15) is 27.0 Å². The number of anilines is 1. The smallest absolute Gasteiger partial charge is 0.272 e. The van der Waals surface area contributed by atoms with Crippen LogP contribution in [0, 0.1) is 24.0 Å². The van der Waals surface area contributed by atoms with E-state index in [0.717, 1.165) is 11.1 Å². The van der Waals surface area contributed by atoms with Crippen LogP contribution in [0.2, 0.25) is 5.02 Å². The Labute approximate surface area is 201 Å². The predicted octanol–water partition coefficient (Wildman–Crippen LogP) is 5.28. The average molecular weight is 480 g/mol. The quantitative estimate of drug-likeness (QED) is 0.272. The molecule has 8 nitrogen and oxygen atoms in total. The van der Waals surface area contributed by atoms with Crippen molar-refractivity contribution in [1.29, 1.82) is 0 Å². The fraction of sp³-hybridized carbons (Fsp3) is 0.120. The number of hydrogen-bond acceptors (Lipinski definition) is 5. The first-order chi connectivity index (χ1) is 16.2. The minimum Gasteiger partial charge on any atom is -0.497 e. The molecule has 3 rings (SSSR count). The van der Waals surface area contributed by atoms with Crippen LogP contribution >= 0.6 is 11.6 Å². The molecule has 2 amide bonds. The van der Waals surface area contributed by atoms with Gasteiger partial charge in [-0.25, -0.2) is 0 Å². The molecule has 0 spiro atoms. The van der Waals surface area contributed by atoms with Crippen molar-refractivity contribution in [2.75, 3.05) is 12.4 Å². The second-order valence-electron chi connectivity index (χ2n) is 7.46. The molecule has 0 aliphatic rings. The first-order valence-corrected chi connectivity index (χ1v) is 10.6. The third kappa shape index (κ3) is 5.99. The average Bonchev–Trinajstić information content (AvgIpc) is 2.80. The van der Waals surface area contributed by atoms with Gasteiger partial charge in [0.25, 0.3) is 17.5 Å². The highest BCUT2D eigenvalue weighted by molar-refractivity contribution is 6.34. The number of nitrogens with zero attached hydrogens (tertiary/aromatic N) is 1. The minimum atomic E-state index is -0.625. The number of amides is 2. The maximum Gasteiger partial charge on any atom is 0.272 e. The zero-order chi connectivity index (χ0) is 24.8. The van der Waals surface area contributed by atoms with Crippen molar-refractivity contribution in [3.05, 3.63) is 104 Å². The zero-order valence-electron chi connectivity index (χ0n) is 18.7. The van der Waals surface area contributed by atoms with Gasteiger partial charge in [0.15, 0.2) is 0 Å². The van der Waals surface area contributed by atoms with E-state index in [9.17, 15) is 19.7 Å². The molecule has 0 heterocycles. The Morgan fingerprint density at radius 3 is 2.44 bits per heavy atom. The number of nitrogens with one attached hydrogen (secondary N) is 2. The monoisotopic (exact) mass is 479 g/mol. The third-order valence-electron chi connectivity index (χ3n) is 5.07. The number of non-ortho nitro benzene ring substituents is 1. The van der Waals surface area contributed by atoms with Crippen LogP contribution in [-0.2, 0) is 4.79 Å². The highest BCUT2D eigenvalue weighted by atomic mass is 35.5. The summed E-state index contributed by atoms with van der Waals surface area (Å²) >= 11 is 6.21. The van der Waals surface area contributed by atoms with Gasteiger partial charge in [-0.2, -0.15) is 0 Å². The van der Waals surface area contributed by atoms with Crippen LogP contribution in [0.3, 0.4) is 0 Å². The topological polar surface area (TPSA) is 111 Å². The molecular formula is C25H22ClN3O5. The second-order valence-corrected chi connectivity index (χ2v) is 7.87. The van der Waals surface area contributed by atoms with Crippen LogP contribution in [0.25, 0.3) is 6.08 Å². The summed E-state index contributed by atoms with van der Waals surface area (Å²) in [5, 5.41) is 16.6. The fourth-order valence-electron chi connectivity index (χ4n) is 3.07. The molecule has 0 bridgehead atoms. The molecule has 0 aromatic heterocycles. The van der Waals surface area contributed by atoms with Gasteiger partial charge >= 0.3 is 0 Å². The maximum absolute atomic E-state index is 13.1. The van der Waals surface area contributed by atoms with Gasteiger partial charge in [0, 0.05) is 17.8 Å². The lowest BCUT2D eigenvalue weighted by Gasteiger charge is -2.13. The summed E-state index contributed by atoms with van der Waals surface area (Å²) in [6.45, 7) is 3.87. The third-order valence-corrected chi connectivity index (χ3v) is 5.38. The van der Waals surface area contributed by atoms with Crippen molar-refractivity contribution in [3.63, 3.8) is 0 Å². The highest BCUT2D eigenvalue weighted by Gasteiger charge is 2.18. The van der Waals surface area contributed by atoms with Crippen LogP contribution in [-0.4, -0.2) is 23.8 Å². The Morgan fingerprint density at radius 1 is 1.03 bits per heavy atom. The predicted molar refractivity (Wildman–Crippen MR) is 131 cm³/mol. The Bertz CT molecular complexity index is 1300. The molecule has 2 N–H and O–H groups in total. The van der Waals surface area contributed by atoms with E-state index in [1.54, 1.807) is 24.3 Å². The van der Waals surface area contributed by atoms with Crippen LogP contribution in [0.15, 0.2) is 66.4 Å². The van der Waals surface area contributed by atoms with Gasteiger partial charge in [-0.1, -0.05) is 29.8 Å². The molecule has 0 atom stereocenters. The van der Waals surface area contributed by atoms with E-state index in [4.69, 9.17) is 16.3 Å². The number of benzene rings is 3. The molecule has 3 aromatic rings. The number of halogens is 1. The van der Waals surface area contributed by atoms with E-state index in [2.05, 4.69) is 10.6 Å². The molecule has 0 aliphatic heterocycles. The summed E-state index contributed by atoms with van der Waals surface area (Å²) in [7, 11) is 1.47. The van der Waals surface area contributed by atoms with Crippen molar-refractivity contribution in [2.45, 2.75) is 13.8 Å². The van der Waals surface area contributed by atoms with E-state index in [1.807, 2.05) is 19.9 Å². The molecule has 3 aromatic carbocycles. The Morgan fingerprint density at radius 2 is 1.79 bits per heavy atom. The second kappa shape index (κ2) is 10.6. The zero-order valence-corrected chi connectivity index (χ0v) is 19.5. The maximum atomic E-state index is 13.1. The minimum absolute atomic E-state index is 0.115. The molecule has 34 heavy (non-hydrogen) atoms. The van der Waals surface area contributed by atoms with E-state index >= 15 is 0 Å². The lowest BCUT2D eigenvalue weighted by molar-refractivity contribution is -0.384. The molecule has 174 valence electrons. The van der Waals surface area contributed by atoms with Crippen LogP contribution in [0.5, 0.6) is 5.75 Å². The van der Waals surface area contributed by atoms with Gasteiger partial charge < -0.3 is 15.4 Å². The largest absolute Gasteiger partial charge is 0.497 e. The molecule has 0 saturated carbocycles. The molecule has 0 unspecified atom stereocenters. The summed E-state index contributed by atoms with van der Waals surface area (Å²) in [5.41, 5.74) is 2.81. The summed E-state index contributed by atoms with van der Waals surface area (Å²) < 4.78 is 5.10. The SMILES string of the molecule is COc1ccc(C(=O)NC(=Cc2cccc([N+](=O)[O-])c2)C(=O)Nc2ccc(C)c(C)c2)c(Cl)c1. The van der Waals surface area contributed by atoms with Crippen molar-refractivity contribution in [2.24, 2.45) is 0 Å². The van der Waals surface area contributed by atoms with Gasteiger partial charge in [0.1, 0.15) is 11.4 Å². The van der Waals surface area contributed by atoms with E-state index in [1.165, 1.54) is 43.5 Å². The number of rotatable bonds is 7. The molecule has 0 aliphatic carbocycles. The number of nitro benzene ring substituents is 1. The number of ether oxygens (including phenoxy) is 1. The fourth-order valence-corrected chi connectivity index (χ4v) is 3.32. The first kappa shape index (κ1) is 24.5. The molecule has 0 saturated heterocycles. The Kier molecular flexibility index (Phi) is 7.65. The van der Waals surface area contributed by atoms with Gasteiger partial charge in [0.2, 0.25) is 0 Å². The van der Waals surface area contributed by atoms with Gasteiger partial charge in [-0.3, -0.25) is 19.7 Å². The molecule has 0 radical (unpaired) electrons. The molecule has 9 heteroatoms. The molecule has 0 fully saturated rings. The van der Waals surface area contributed by atoms with Crippen molar-refractivity contribution >= 4 is 40.9 Å². The number of carbonyl (C=O) groups excluding carboxylic acids is 2.